The molecule has 2 aromatic heterocycles. The smallest absolute Gasteiger partial charge is 0.416 e. The van der Waals surface area contributed by atoms with Crippen molar-refractivity contribution < 1.29 is 23.4 Å². The van der Waals surface area contributed by atoms with Crippen LogP contribution >= 0.6 is 23.4 Å². The number of imidazole rings is 1. The van der Waals surface area contributed by atoms with E-state index in [1.807, 2.05) is 0 Å². The summed E-state index contributed by atoms with van der Waals surface area (Å²) in [6, 6.07) is 7.10. The molecule has 6 nitrogen and oxygen atoms in total. The molecule has 4 rings (SSSR count). The Balaban J connectivity index is 1.86. The maximum absolute atomic E-state index is 13.4. The lowest BCUT2D eigenvalue weighted by molar-refractivity contribution is -0.137. The van der Waals surface area contributed by atoms with Gasteiger partial charge in [0.25, 0.3) is 5.56 Å². The molecule has 0 aliphatic rings. The van der Waals surface area contributed by atoms with Crippen LogP contribution in [0.5, 0.6) is 5.75 Å². The third kappa shape index (κ3) is 5.02. The lowest BCUT2D eigenvalue weighted by Crippen LogP contribution is -2.19. The molecular formula is C22H17ClF3N3O3S. The number of halogens is 4. The van der Waals surface area contributed by atoms with E-state index in [1.54, 1.807) is 17.0 Å². The van der Waals surface area contributed by atoms with E-state index in [2.05, 4.69) is 9.97 Å². The number of phenolic OH excluding ortho intramolecular Hbond substituents is 1. The molecule has 2 heterocycles. The van der Waals surface area contributed by atoms with E-state index in [1.165, 1.54) is 30.6 Å². The Morgan fingerprint density at radius 3 is 2.70 bits per heavy atom. The highest BCUT2D eigenvalue weighted by Crippen LogP contribution is 2.42. The van der Waals surface area contributed by atoms with Gasteiger partial charge in [0.15, 0.2) is 0 Å². The monoisotopic (exact) mass is 495 g/mol. The van der Waals surface area contributed by atoms with E-state index in [0.29, 0.717) is 0 Å². The summed E-state index contributed by atoms with van der Waals surface area (Å²) < 4.78 is 41.9. The SMILES string of the molecule is O=c1[nH]c2ccc(C(F)(F)F)cc2c(-c2cc(Cl)ccc2O)c1SCC(O)Cn1ccnc1. The van der Waals surface area contributed by atoms with Crippen molar-refractivity contribution in [2.75, 3.05) is 5.75 Å². The first-order chi connectivity index (χ1) is 15.6. The van der Waals surface area contributed by atoms with Crippen LogP contribution < -0.4 is 5.56 Å². The number of benzene rings is 2. The molecule has 0 aliphatic heterocycles. The second kappa shape index (κ2) is 9.12. The average Bonchev–Trinajstić information content (AvgIpc) is 3.25. The van der Waals surface area contributed by atoms with Gasteiger partial charge in [-0.1, -0.05) is 11.6 Å². The summed E-state index contributed by atoms with van der Waals surface area (Å²) in [6.45, 7) is 0.217. The molecule has 2 aromatic carbocycles. The van der Waals surface area contributed by atoms with Gasteiger partial charge in [-0.05, 0) is 36.4 Å². The zero-order valence-corrected chi connectivity index (χ0v) is 18.4. The lowest BCUT2D eigenvalue weighted by atomic mass is 9.98. The quantitative estimate of drug-likeness (QED) is 0.330. The molecule has 33 heavy (non-hydrogen) atoms. The van der Waals surface area contributed by atoms with Crippen LogP contribution in [0.15, 0.2) is 64.8 Å². The number of pyridine rings is 1. The predicted molar refractivity (Wildman–Crippen MR) is 121 cm³/mol. The molecule has 0 saturated carbocycles. The number of phenols is 1. The van der Waals surface area contributed by atoms with Gasteiger partial charge in [-0.3, -0.25) is 4.79 Å². The summed E-state index contributed by atoms with van der Waals surface area (Å²) in [5.74, 6) is -0.176. The van der Waals surface area contributed by atoms with E-state index >= 15 is 0 Å². The summed E-state index contributed by atoms with van der Waals surface area (Å²) >= 11 is 7.07. The Hall–Kier alpha value is -2.95. The summed E-state index contributed by atoms with van der Waals surface area (Å²) in [5, 5.41) is 21.2. The van der Waals surface area contributed by atoms with Crippen molar-refractivity contribution in [2.24, 2.45) is 0 Å². The number of nitrogens with one attached hydrogen (secondary N) is 1. The van der Waals surface area contributed by atoms with Gasteiger partial charge >= 0.3 is 6.18 Å². The number of aliphatic hydroxyl groups excluding tert-OH is 1. The number of fused-ring (bicyclic) bond motifs is 1. The molecule has 0 radical (unpaired) electrons. The Labute approximate surface area is 194 Å². The Morgan fingerprint density at radius 2 is 2.00 bits per heavy atom. The molecular weight excluding hydrogens is 479 g/mol. The number of aromatic amines is 1. The average molecular weight is 496 g/mol. The molecule has 1 atom stereocenters. The van der Waals surface area contributed by atoms with Crippen molar-refractivity contribution in [1.29, 1.82) is 0 Å². The number of hydrogen-bond acceptors (Lipinski definition) is 5. The van der Waals surface area contributed by atoms with Gasteiger partial charge in [0.05, 0.1) is 29.4 Å². The molecule has 1 unspecified atom stereocenters. The van der Waals surface area contributed by atoms with E-state index in [9.17, 15) is 28.2 Å². The molecule has 0 aliphatic carbocycles. The molecule has 0 amide bonds. The molecule has 172 valence electrons. The van der Waals surface area contributed by atoms with E-state index < -0.39 is 23.4 Å². The highest BCUT2D eigenvalue weighted by Gasteiger charge is 2.31. The fourth-order valence-electron chi connectivity index (χ4n) is 3.44. The number of H-pyrrole nitrogens is 1. The summed E-state index contributed by atoms with van der Waals surface area (Å²) in [4.78, 5) is 19.5. The van der Waals surface area contributed by atoms with Crippen molar-refractivity contribution in [2.45, 2.75) is 23.7 Å². The van der Waals surface area contributed by atoms with Crippen molar-refractivity contribution in [1.82, 2.24) is 14.5 Å². The minimum atomic E-state index is -4.60. The fourth-order valence-corrected chi connectivity index (χ4v) is 4.62. The molecule has 3 N–H and O–H groups in total. The molecule has 0 spiro atoms. The van der Waals surface area contributed by atoms with Crippen molar-refractivity contribution in [3.05, 3.63) is 76.1 Å². The van der Waals surface area contributed by atoms with Gasteiger partial charge in [0.2, 0.25) is 0 Å². The molecule has 0 fully saturated rings. The minimum absolute atomic E-state index is 0.0593. The highest BCUT2D eigenvalue weighted by molar-refractivity contribution is 7.99. The first-order valence-corrected chi connectivity index (χ1v) is 11.0. The third-order valence-electron chi connectivity index (χ3n) is 4.93. The standard InChI is InChI=1S/C22H17ClF3N3O3S/c23-13-2-4-18(31)16(8-13)19-15-7-12(22(24,25)26)1-3-17(15)28-21(32)20(19)33-10-14(30)9-29-6-5-27-11-29/h1-8,11,14,30-31H,9-10H2,(H,28,32). The van der Waals surface area contributed by atoms with Crippen molar-refractivity contribution in [3.63, 3.8) is 0 Å². The number of aliphatic hydroxyl groups is 1. The van der Waals surface area contributed by atoms with Gasteiger partial charge in [-0.15, -0.1) is 11.8 Å². The zero-order valence-electron chi connectivity index (χ0n) is 16.8. The summed E-state index contributed by atoms with van der Waals surface area (Å²) in [6.07, 6.45) is -0.713. The maximum Gasteiger partial charge on any atom is 0.416 e. The molecule has 0 bridgehead atoms. The van der Waals surface area contributed by atoms with Gasteiger partial charge in [-0.2, -0.15) is 13.2 Å². The van der Waals surface area contributed by atoms with Crippen molar-refractivity contribution in [3.8, 4) is 16.9 Å². The Bertz CT molecular complexity index is 1360. The number of nitrogens with zero attached hydrogens (tertiary/aromatic N) is 2. The molecule has 4 aromatic rings. The van der Waals surface area contributed by atoms with E-state index in [4.69, 9.17) is 11.6 Å². The number of alkyl halides is 3. The third-order valence-corrected chi connectivity index (χ3v) is 6.39. The van der Waals surface area contributed by atoms with Gasteiger partial charge in [-0.25, -0.2) is 4.98 Å². The fraction of sp³-hybridized carbons (Fsp3) is 0.182. The largest absolute Gasteiger partial charge is 0.507 e. The maximum atomic E-state index is 13.4. The summed E-state index contributed by atoms with van der Waals surface area (Å²) in [5.41, 5.74) is -1.06. The lowest BCUT2D eigenvalue weighted by Gasteiger charge is -2.17. The minimum Gasteiger partial charge on any atom is -0.507 e. The topological polar surface area (TPSA) is 91.1 Å². The number of thioether (sulfide) groups is 1. The van der Waals surface area contributed by atoms with Gasteiger partial charge in [0, 0.05) is 45.2 Å². The van der Waals surface area contributed by atoms with Crippen LogP contribution in [0.1, 0.15) is 5.56 Å². The number of rotatable bonds is 6. The van der Waals surface area contributed by atoms with Gasteiger partial charge in [0.1, 0.15) is 5.75 Å². The number of hydrogen-bond donors (Lipinski definition) is 3. The van der Waals surface area contributed by atoms with Crippen LogP contribution in [-0.2, 0) is 12.7 Å². The van der Waals surface area contributed by atoms with Crippen LogP contribution in [0.2, 0.25) is 5.02 Å². The van der Waals surface area contributed by atoms with Crippen LogP contribution in [0.4, 0.5) is 13.2 Å². The first kappa shape index (κ1) is 23.2. The number of aromatic nitrogens is 3. The molecule has 0 saturated heterocycles. The number of aromatic hydroxyl groups is 1. The van der Waals surface area contributed by atoms with E-state index in [-0.39, 0.29) is 50.0 Å². The summed E-state index contributed by atoms with van der Waals surface area (Å²) in [7, 11) is 0. The Kier molecular flexibility index (Phi) is 6.42. The Morgan fingerprint density at radius 1 is 1.21 bits per heavy atom. The molecule has 11 heteroatoms. The van der Waals surface area contributed by atoms with E-state index in [0.717, 1.165) is 23.9 Å². The second-order valence-corrected chi connectivity index (χ2v) is 8.77. The van der Waals surface area contributed by atoms with Crippen molar-refractivity contribution >= 4 is 34.3 Å². The van der Waals surface area contributed by atoms with Crippen LogP contribution in [0.25, 0.3) is 22.0 Å². The normalized spacial score (nSPS) is 12.9. The zero-order chi connectivity index (χ0) is 23.8. The van der Waals surface area contributed by atoms with Crippen LogP contribution in [-0.4, -0.2) is 36.6 Å². The highest BCUT2D eigenvalue weighted by atomic mass is 35.5. The van der Waals surface area contributed by atoms with Gasteiger partial charge < -0.3 is 19.8 Å². The first-order valence-electron chi connectivity index (χ1n) is 9.66. The van der Waals surface area contributed by atoms with Crippen LogP contribution in [0, 0.1) is 0 Å². The second-order valence-electron chi connectivity index (χ2n) is 7.30. The predicted octanol–water partition coefficient (Wildman–Crippen LogP) is 4.92. The van der Waals surface area contributed by atoms with Crippen LogP contribution in [0.3, 0.4) is 0 Å².